The summed E-state index contributed by atoms with van der Waals surface area (Å²) < 4.78 is 7.96. The molecule has 0 amide bonds. The molecule has 1 saturated carbocycles. The second kappa shape index (κ2) is 5.10. The maximum atomic E-state index is 5.49. The summed E-state index contributed by atoms with van der Waals surface area (Å²) in [6, 6.07) is 14.2. The van der Waals surface area contributed by atoms with Crippen molar-refractivity contribution in [1.29, 1.82) is 0 Å². The average Bonchev–Trinajstić information content (AvgIpc) is 3.46. The maximum Gasteiger partial charge on any atom is 0.0988 e. The van der Waals surface area contributed by atoms with Crippen molar-refractivity contribution in [1.82, 2.24) is 4.57 Å². The lowest BCUT2D eigenvalue weighted by atomic mass is 10.0. The van der Waals surface area contributed by atoms with E-state index in [9.17, 15) is 0 Å². The normalized spacial score (nSPS) is 20.5. The second-order valence-electron chi connectivity index (χ2n) is 7.22. The largest absolute Gasteiger partial charge is 0.371 e. The van der Waals surface area contributed by atoms with Crippen LogP contribution in [0.25, 0.3) is 21.8 Å². The number of benzene rings is 2. The Balaban J connectivity index is 1.74. The molecule has 0 radical (unpaired) electrons. The van der Waals surface area contributed by atoms with Crippen molar-refractivity contribution < 1.29 is 4.74 Å². The molecule has 1 saturated heterocycles. The minimum atomic E-state index is 0.409. The Morgan fingerprint density at radius 2 is 1.78 bits per heavy atom. The minimum Gasteiger partial charge on any atom is -0.371 e. The Hall–Kier alpha value is -1.80. The summed E-state index contributed by atoms with van der Waals surface area (Å²) in [5.41, 5.74) is 5.72. The lowest BCUT2D eigenvalue weighted by Crippen LogP contribution is -2.03. The van der Waals surface area contributed by atoms with Gasteiger partial charge in [-0.1, -0.05) is 25.5 Å². The van der Waals surface area contributed by atoms with Crippen LogP contribution in [0.5, 0.6) is 0 Å². The third-order valence-corrected chi connectivity index (χ3v) is 5.33. The molecule has 23 heavy (non-hydrogen) atoms. The Morgan fingerprint density at radius 1 is 1.04 bits per heavy atom. The lowest BCUT2D eigenvalue weighted by molar-refractivity contribution is 0.387. The summed E-state index contributed by atoms with van der Waals surface area (Å²) in [4.78, 5) is 0. The van der Waals surface area contributed by atoms with Gasteiger partial charge in [-0.05, 0) is 60.6 Å². The number of rotatable bonds is 5. The number of hydrogen-bond acceptors (Lipinski definition) is 1. The Morgan fingerprint density at radius 3 is 2.48 bits per heavy atom. The van der Waals surface area contributed by atoms with Crippen molar-refractivity contribution in [3.05, 3.63) is 47.5 Å². The van der Waals surface area contributed by atoms with Gasteiger partial charge in [0.1, 0.15) is 0 Å². The van der Waals surface area contributed by atoms with E-state index >= 15 is 0 Å². The molecule has 1 unspecified atom stereocenters. The first-order chi connectivity index (χ1) is 11.3. The summed E-state index contributed by atoms with van der Waals surface area (Å²) >= 11 is 0. The van der Waals surface area contributed by atoms with Gasteiger partial charge in [0.15, 0.2) is 0 Å². The number of hydrogen-bond donors (Lipinski definition) is 0. The highest BCUT2D eigenvalue weighted by atomic mass is 16.6. The van der Waals surface area contributed by atoms with Gasteiger partial charge in [-0.3, -0.25) is 0 Å². The van der Waals surface area contributed by atoms with Crippen molar-refractivity contribution in [2.24, 2.45) is 0 Å². The van der Waals surface area contributed by atoms with Gasteiger partial charge in [-0.2, -0.15) is 0 Å². The van der Waals surface area contributed by atoms with E-state index in [2.05, 4.69) is 47.9 Å². The van der Waals surface area contributed by atoms with Gasteiger partial charge in [-0.25, -0.2) is 0 Å². The van der Waals surface area contributed by atoms with Gasteiger partial charge in [0.2, 0.25) is 0 Å². The second-order valence-corrected chi connectivity index (χ2v) is 7.22. The van der Waals surface area contributed by atoms with E-state index in [-0.39, 0.29) is 0 Å². The van der Waals surface area contributed by atoms with Crippen LogP contribution in [0.2, 0.25) is 0 Å². The van der Waals surface area contributed by atoms with E-state index in [4.69, 9.17) is 4.74 Å². The van der Waals surface area contributed by atoms with E-state index in [0.717, 1.165) is 25.5 Å². The summed E-state index contributed by atoms with van der Waals surface area (Å²) in [5.74, 6) is 0.809. The average molecular weight is 305 g/mol. The number of fused-ring (bicyclic) bond motifs is 3. The van der Waals surface area contributed by atoms with Crippen molar-refractivity contribution in [2.75, 3.05) is 6.61 Å². The number of aromatic nitrogens is 1. The number of nitrogens with zero attached hydrogens (tertiary/aromatic N) is 1. The molecule has 0 spiro atoms. The van der Waals surface area contributed by atoms with E-state index in [1.807, 2.05) is 0 Å². The lowest BCUT2D eigenvalue weighted by Gasteiger charge is -2.06. The van der Waals surface area contributed by atoms with Gasteiger partial charge in [0.05, 0.1) is 19.3 Å². The third kappa shape index (κ3) is 2.36. The zero-order chi connectivity index (χ0) is 15.4. The fourth-order valence-electron chi connectivity index (χ4n) is 3.86. The van der Waals surface area contributed by atoms with Crippen LogP contribution >= 0.6 is 0 Å². The highest BCUT2D eigenvalue weighted by Gasteiger charge is 2.27. The van der Waals surface area contributed by atoms with Crippen LogP contribution in [-0.4, -0.2) is 17.3 Å². The molecule has 2 aliphatic rings. The van der Waals surface area contributed by atoms with Crippen LogP contribution in [0.1, 0.15) is 43.2 Å². The Bertz CT molecular complexity index is 884. The standard InChI is InChI=1S/C21H23NO/c1-2-3-14-4-8-20-18(10-14)19-11-16(15-5-6-15)7-9-21(19)22(20)12-17-13-23-17/h4,7-11,15,17H,2-3,5-6,12-13H2,1H3. The molecule has 1 aromatic heterocycles. The third-order valence-electron chi connectivity index (χ3n) is 5.33. The number of aryl methyl sites for hydroxylation is 1. The first-order valence-electron chi connectivity index (χ1n) is 9.00. The van der Waals surface area contributed by atoms with Gasteiger partial charge >= 0.3 is 0 Å². The molecule has 2 heterocycles. The zero-order valence-electron chi connectivity index (χ0n) is 13.7. The first kappa shape index (κ1) is 13.6. The van der Waals surface area contributed by atoms with Crippen molar-refractivity contribution in [3.8, 4) is 0 Å². The topological polar surface area (TPSA) is 17.5 Å². The van der Waals surface area contributed by atoms with Gasteiger partial charge in [-0.15, -0.1) is 0 Å². The summed E-state index contributed by atoms with van der Waals surface area (Å²) in [5, 5.41) is 2.86. The maximum absolute atomic E-state index is 5.49. The fraction of sp³-hybridized carbons (Fsp3) is 0.429. The predicted molar refractivity (Wildman–Crippen MR) is 95.2 cm³/mol. The Labute approximate surface area is 137 Å². The molecule has 118 valence electrons. The van der Waals surface area contributed by atoms with E-state index < -0.39 is 0 Å². The molecule has 1 aliphatic heterocycles. The van der Waals surface area contributed by atoms with Crippen molar-refractivity contribution in [2.45, 2.75) is 51.2 Å². The van der Waals surface area contributed by atoms with E-state index in [1.54, 1.807) is 0 Å². The fourth-order valence-corrected chi connectivity index (χ4v) is 3.86. The van der Waals surface area contributed by atoms with Crippen LogP contribution in [0, 0.1) is 0 Å². The van der Waals surface area contributed by atoms with Crippen LogP contribution in [0.3, 0.4) is 0 Å². The predicted octanol–water partition coefficient (Wildman–Crippen LogP) is 5.02. The summed E-state index contributed by atoms with van der Waals surface area (Å²) in [6.07, 6.45) is 5.50. The molecule has 0 bridgehead atoms. The smallest absolute Gasteiger partial charge is 0.0988 e. The molecule has 3 aromatic rings. The van der Waals surface area contributed by atoms with Crippen LogP contribution in [0.15, 0.2) is 36.4 Å². The van der Waals surface area contributed by atoms with Crippen LogP contribution in [0.4, 0.5) is 0 Å². The van der Waals surface area contributed by atoms with Crippen LogP contribution < -0.4 is 0 Å². The molecule has 2 aromatic carbocycles. The summed E-state index contributed by atoms with van der Waals surface area (Å²) in [6.45, 7) is 4.15. The van der Waals surface area contributed by atoms with Gasteiger partial charge in [0, 0.05) is 21.8 Å². The number of epoxide rings is 1. The Kier molecular flexibility index (Phi) is 3.02. The molecule has 2 heteroatoms. The first-order valence-corrected chi connectivity index (χ1v) is 9.00. The molecular weight excluding hydrogens is 282 g/mol. The SMILES string of the molecule is CCCc1ccc2c(c1)c1cc(C3CC3)ccc1n2CC1CO1. The minimum absolute atomic E-state index is 0.409. The number of ether oxygens (including phenoxy) is 1. The molecule has 2 nitrogen and oxygen atoms in total. The monoisotopic (exact) mass is 305 g/mol. The van der Waals surface area contributed by atoms with Crippen molar-refractivity contribution >= 4 is 21.8 Å². The van der Waals surface area contributed by atoms with Gasteiger partial charge in [0.25, 0.3) is 0 Å². The van der Waals surface area contributed by atoms with Crippen molar-refractivity contribution in [3.63, 3.8) is 0 Å². The molecule has 5 rings (SSSR count). The molecule has 1 atom stereocenters. The molecule has 2 fully saturated rings. The molecule has 1 aliphatic carbocycles. The van der Waals surface area contributed by atoms with E-state index in [0.29, 0.717) is 6.10 Å². The summed E-state index contributed by atoms with van der Waals surface area (Å²) in [7, 11) is 0. The highest BCUT2D eigenvalue weighted by molar-refractivity contribution is 6.08. The molecule has 0 N–H and O–H groups in total. The zero-order valence-corrected chi connectivity index (χ0v) is 13.7. The quantitative estimate of drug-likeness (QED) is 0.605. The van der Waals surface area contributed by atoms with Gasteiger partial charge < -0.3 is 9.30 Å². The van der Waals surface area contributed by atoms with Crippen LogP contribution in [-0.2, 0) is 17.7 Å². The van der Waals surface area contributed by atoms with E-state index in [1.165, 1.54) is 52.2 Å². The molecular formula is C21H23NO. The highest BCUT2D eigenvalue weighted by Crippen LogP contribution is 2.42.